The minimum atomic E-state index is -0.753. The third kappa shape index (κ3) is 3.87. The Morgan fingerprint density at radius 1 is 1.47 bits per heavy atom. The molecule has 1 aliphatic heterocycles. The van der Waals surface area contributed by atoms with Crippen molar-refractivity contribution in [3.05, 3.63) is 0 Å². The molecule has 0 aromatic heterocycles. The maximum atomic E-state index is 11.3. The first-order valence-electron chi connectivity index (χ1n) is 5.05. The van der Waals surface area contributed by atoms with Gasteiger partial charge in [-0.15, -0.1) is 5.06 Å². The number of aldehydes is 1. The van der Waals surface area contributed by atoms with E-state index in [2.05, 4.69) is 0 Å². The Hall–Kier alpha value is -1.10. The fourth-order valence-electron chi connectivity index (χ4n) is 1.38. The number of hydrogen-bond donors (Lipinski definition) is 0. The van der Waals surface area contributed by atoms with Crippen LogP contribution in [0.25, 0.3) is 0 Å². The number of rotatable bonds is 2. The zero-order valence-corrected chi connectivity index (χ0v) is 9.36. The molecule has 0 aromatic rings. The van der Waals surface area contributed by atoms with E-state index in [0.29, 0.717) is 6.54 Å². The van der Waals surface area contributed by atoms with Gasteiger partial charge in [-0.25, -0.2) is 4.79 Å². The number of nitrogens with zero attached hydrogens (tertiary/aromatic N) is 1. The van der Waals surface area contributed by atoms with E-state index >= 15 is 0 Å². The Morgan fingerprint density at radius 3 is 2.67 bits per heavy atom. The molecule has 0 aliphatic carbocycles. The summed E-state index contributed by atoms with van der Waals surface area (Å²) in [6.07, 6.45) is 1.62. The van der Waals surface area contributed by atoms with Crippen LogP contribution >= 0.6 is 0 Å². The highest BCUT2D eigenvalue weighted by Gasteiger charge is 2.29. The normalized spacial score (nSPS) is 22.5. The summed E-state index contributed by atoms with van der Waals surface area (Å²) in [6, 6.07) is -0.322. The van der Waals surface area contributed by atoms with Crippen LogP contribution in [0.1, 0.15) is 33.6 Å². The fraction of sp³-hybridized carbons (Fsp3) is 0.800. The topological polar surface area (TPSA) is 55.8 Å². The van der Waals surface area contributed by atoms with Crippen molar-refractivity contribution >= 4 is 12.4 Å². The monoisotopic (exact) mass is 215 g/mol. The van der Waals surface area contributed by atoms with E-state index in [1.165, 1.54) is 5.06 Å². The van der Waals surface area contributed by atoms with Crippen molar-refractivity contribution in [2.24, 2.45) is 0 Å². The van der Waals surface area contributed by atoms with Crippen LogP contribution in [0.3, 0.4) is 0 Å². The first-order valence-corrected chi connectivity index (χ1v) is 5.05. The van der Waals surface area contributed by atoms with Crippen molar-refractivity contribution < 1.29 is 19.2 Å². The fourth-order valence-corrected chi connectivity index (χ4v) is 1.38. The van der Waals surface area contributed by atoms with Gasteiger partial charge in [0, 0.05) is 6.54 Å². The predicted molar refractivity (Wildman–Crippen MR) is 53.1 cm³/mol. The Morgan fingerprint density at radius 2 is 2.13 bits per heavy atom. The maximum Gasteiger partial charge on any atom is 0.528 e. The van der Waals surface area contributed by atoms with E-state index in [0.717, 1.165) is 19.1 Å². The second-order valence-electron chi connectivity index (χ2n) is 4.54. The summed E-state index contributed by atoms with van der Waals surface area (Å²) in [6.45, 7) is 5.86. The van der Waals surface area contributed by atoms with Crippen molar-refractivity contribution in [2.75, 3.05) is 6.54 Å². The van der Waals surface area contributed by atoms with Crippen molar-refractivity contribution in [3.8, 4) is 0 Å². The summed E-state index contributed by atoms with van der Waals surface area (Å²) in [5, 5.41) is 1.38. The van der Waals surface area contributed by atoms with Crippen LogP contribution in [0.2, 0.25) is 0 Å². The van der Waals surface area contributed by atoms with Gasteiger partial charge in [-0.2, -0.15) is 0 Å². The zero-order valence-electron chi connectivity index (χ0n) is 9.36. The van der Waals surface area contributed by atoms with Gasteiger partial charge in [-0.3, -0.25) is 0 Å². The maximum absolute atomic E-state index is 11.3. The van der Waals surface area contributed by atoms with Crippen LogP contribution in [0.15, 0.2) is 0 Å². The number of hydroxylamine groups is 2. The molecule has 1 fully saturated rings. The van der Waals surface area contributed by atoms with Gasteiger partial charge in [0.05, 0.1) is 0 Å². The summed E-state index contributed by atoms with van der Waals surface area (Å²) in [5.41, 5.74) is -0.576. The van der Waals surface area contributed by atoms with E-state index in [-0.39, 0.29) is 6.04 Å². The Bertz CT molecular complexity index is 246. The molecule has 1 saturated heterocycles. The molecule has 0 bridgehead atoms. The van der Waals surface area contributed by atoms with E-state index in [4.69, 9.17) is 9.57 Å². The predicted octanol–water partition coefficient (Wildman–Crippen LogP) is 1.52. The molecule has 0 N–H and O–H groups in total. The van der Waals surface area contributed by atoms with Crippen LogP contribution in [-0.2, 0) is 14.4 Å². The van der Waals surface area contributed by atoms with Gasteiger partial charge in [-0.05, 0) is 33.6 Å². The minimum absolute atomic E-state index is 0.322. The first kappa shape index (κ1) is 12.0. The molecule has 5 heteroatoms. The zero-order chi connectivity index (χ0) is 11.5. The standard InChI is InChI=1S/C10H17NO4/c1-10(2,3)14-9(13)15-11-6-4-5-8(11)7-12/h7-8H,4-6H2,1-3H3/t8-/m1/s1. The molecular weight excluding hydrogens is 198 g/mol. The van der Waals surface area contributed by atoms with Crippen LogP contribution in [-0.4, -0.2) is 35.7 Å². The number of carbonyl (C=O) groups is 2. The highest BCUT2D eigenvalue weighted by Crippen LogP contribution is 2.17. The van der Waals surface area contributed by atoms with Crippen molar-refractivity contribution in [1.82, 2.24) is 5.06 Å². The third-order valence-electron chi connectivity index (χ3n) is 1.99. The molecule has 15 heavy (non-hydrogen) atoms. The minimum Gasteiger partial charge on any atom is -0.427 e. The molecule has 5 nitrogen and oxygen atoms in total. The molecule has 0 unspecified atom stereocenters. The molecule has 1 rings (SSSR count). The second-order valence-corrected chi connectivity index (χ2v) is 4.54. The van der Waals surface area contributed by atoms with Gasteiger partial charge < -0.3 is 14.4 Å². The summed E-state index contributed by atoms with van der Waals surface area (Å²) in [7, 11) is 0. The molecule has 86 valence electrons. The van der Waals surface area contributed by atoms with Gasteiger partial charge >= 0.3 is 6.16 Å². The summed E-state index contributed by atoms with van der Waals surface area (Å²) in [4.78, 5) is 26.8. The third-order valence-corrected chi connectivity index (χ3v) is 1.99. The smallest absolute Gasteiger partial charge is 0.427 e. The van der Waals surface area contributed by atoms with Crippen LogP contribution in [0.4, 0.5) is 4.79 Å². The van der Waals surface area contributed by atoms with Crippen LogP contribution < -0.4 is 0 Å². The Labute approximate surface area is 89.3 Å². The Kier molecular flexibility index (Phi) is 3.68. The van der Waals surface area contributed by atoms with E-state index in [1.54, 1.807) is 20.8 Å². The largest absolute Gasteiger partial charge is 0.528 e. The van der Waals surface area contributed by atoms with Crippen molar-refractivity contribution in [2.45, 2.75) is 45.3 Å². The lowest BCUT2D eigenvalue weighted by molar-refractivity contribution is -0.154. The van der Waals surface area contributed by atoms with Gasteiger partial charge in [0.25, 0.3) is 0 Å². The highest BCUT2D eigenvalue weighted by atomic mass is 16.8. The SMILES string of the molecule is CC(C)(C)OC(=O)ON1CCC[C@@H]1C=O. The summed E-state index contributed by atoms with van der Waals surface area (Å²) >= 11 is 0. The highest BCUT2D eigenvalue weighted by molar-refractivity contribution is 5.62. The lowest BCUT2D eigenvalue weighted by atomic mass is 10.2. The molecule has 0 saturated carbocycles. The van der Waals surface area contributed by atoms with Crippen LogP contribution in [0.5, 0.6) is 0 Å². The molecule has 1 heterocycles. The average Bonchev–Trinajstić information content (AvgIpc) is 2.48. The second kappa shape index (κ2) is 4.61. The average molecular weight is 215 g/mol. The lowest BCUT2D eigenvalue weighted by Gasteiger charge is -2.23. The van der Waals surface area contributed by atoms with E-state index in [1.807, 2.05) is 0 Å². The molecular formula is C10H17NO4. The molecule has 0 radical (unpaired) electrons. The molecule has 1 atom stereocenters. The molecule has 0 amide bonds. The molecule has 0 spiro atoms. The van der Waals surface area contributed by atoms with E-state index in [9.17, 15) is 9.59 Å². The van der Waals surface area contributed by atoms with Crippen molar-refractivity contribution in [3.63, 3.8) is 0 Å². The number of carbonyl (C=O) groups excluding carboxylic acids is 2. The van der Waals surface area contributed by atoms with E-state index < -0.39 is 11.8 Å². The van der Waals surface area contributed by atoms with Gasteiger partial charge in [0.2, 0.25) is 0 Å². The summed E-state index contributed by atoms with van der Waals surface area (Å²) in [5.74, 6) is 0. The van der Waals surface area contributed by atoms with Gasteiger partial charge in [-0.1, -0.05) is 0 Å². The van der Waals surface area contributed by atoms with Crippen molar-refractivity contribution in [1.29, 1.82) is 0 Å². The van der Waals surface area contributed by atoms with Gasteiger partial charge in [0.15, 0.2) is 0 Å². The quantitative estimate of drug-likeness (QED) is 0.516. The first-order chi connectivity index (χ1) is 6.92. The summed E-state index contributed by atoms with van der Waals surface area (Å²) < 4.78 is 4.97. The molecule has 1 aliphatic rings. The number of ether oxygens (including phenoxy) is 1. The van der Waals surface area contributed by atoms with Gasteiger partial charge in [0.1, 0.15) is 17.9 Å². The molecule has 0 aromatic carbocycles. The lowest BCUT2D eigenvalue weighted by Crippen LogP contribution is -2.35. The Balaban J connectivity index is 2.41. The number of hydrogen-bond acceptors (Lipinski definition) is 5. The van der Waals surface area contributed by atoms with Crippen LogP contribution in [0, 0.1) is 0 Å².